The fourth-order valence-corrected chi connectivity index (χ4v) is 3.07. The third kappa shape index (κ3) is 2.69. The fraction of sp³-hybridized carbons (Fsp3) is 0.0476. The third-order valence-electron chi connectivity index (χ3n) is 4.37. The Labute approximate surface area is 150 Å². The summed E-state index contributed by atoms with van der Waals surface area (Å²) in [7, 11) is 0. The molecule has 0 fully saturated rings. The number of benzene rings is 3. The molecular weight excluding hydrogens is 328 g/mol. The topological polar surface area (TPSA) is 69.6 Å². The smallest absolute Gasteiger partial charge is 0.263 e. The minimum atomic E-state index is -0.368. The van der Waals surface area contributed by atoms with E-state index in [1.165, 1.54) is 6.07 Å². The maximum Gasteiger partial charge on any atom is 0.263 e. The van der Waals surface area contributed by atoms with E-state index in [0.717, 1.165) is 10.6 Å². The van der Waals surface area contributed by atoms with Crippen molar-refractivity contribution in [1.29, 1.82) is 0 Å². The van der Waals surface area contributed by atoms with Crippen molar-refractivity contribution in [2.75, 3.05) is 5.32 Å². The first-order valence-corrected chi connectivity index (χ1v) is 8.23. The molecular formula is C21H16N2O3. The van der Waals surface area contributed by atoms with Gasteiger partial charge in [-0.25, -0.2) is 0 Å². The summed E-state index contributed by atoms with van der Waals surface area (Å²) in [5, 5.41) is 13.2. The van der Waals surface area contributed by atoms with Gasteiger partial charge in [-0.2, -0.15) is 0 Å². The number of hydrogen-bond donors (Lipinski definition) is 2. The molecule has 0 bridgehead atoms. The number of hydrogen-bond acceptors (Lipinski definition) is 4. The van der Waals surface area contributed by atoms with Crippen LogP contribution in [-0.2, 0) is 6.54 Å². The van der Waals surface area contributed by atoms with Gasteiger partial charge in [-0.05, 0) is 30.3 Å². The average molecular weight is 344 g/mol. The molecule has 26 heavy (non-hydrogen) atoms. The van der Waals surface area contributed by atoms with E-state index in [4.69, 9.17) is 0 Å². The van der Waals surface area contributed by atoms with Gasteiger partial charge in [0.1, 0.15) is 5.75 Å². The summed E-state index contributed by atoms with van der Waals surface area (Å²) in [6.45, 7) is 0.0315. The maximum atomic E-state index is 12.9. The molecule has 0 aromatic heterocycles. The van der Waals surface area contributed by atoms with Gasteiger partial charge in [0.05, 0.1) is 23.4 Å². The number of phenolic OH excluding ortho intramolecular Hbond substituents is 1. The van der Waals surface area contributed by atoms with Gasteiger partial charge in [-0.1, -0.05) is 42.5 Å². The minimum Gasteiger partial charge on any atom is -0.508 e. The van der Waals surface area contributed by atoms with Crippen molar-refractivity contribution in [1.82, 2.24) is 4.90 Å². The zero-order valence-corrected chi connectivity index (χ0v) is 13.8. The Hall–Kier alpha value is -3.60. The number of imide groups is 1. The van der Waals surface area contributed by atoms with Crippen molar-refractivity contribution in [2.24, 2.45) is 0 Å². The summed E-state index contributed by atoms with van der Waals surface area (Å²) < 4.78 is 0. The van der Waals surface area contributed by atoms with Crippen LogP contribution in [0.1, 0.15) is 26.3 Å². The molecule has 2 N–H and O–H groups in total. The lowest BCUT2D eigenvalue weighted by molar-refractivity contribution is 0.0642. The highest BCUT2D eigenvalue weighted by molar-refractivity contribution is 6.23. The Bertz CT molecular complexity index is 999. The van der Waals surface area contributed by atoms with Crippen LogP contribution in [-0.4, -0.2) is 21.8 Å². The highest BCUT2D eigenvalue weighted by Gasteiger charge is 2.37. The molecule has 1 aliphatic heterocycles. The quantitative estimate of drug-likeness (QED) is 0.704. The lowest BCUT2D eigenvalue weighted by Gasteiger charge is -2.15. The van der Waals surface area contributed by atoms with Crippen LogP contribution < -0.4 is 5.32 Å². The second-order valence-electron chi connectivity index (χ2n) is 6.04. The van der Waals surface area contributed by atoms with Gasteiger partial charge in [0, 0.05) is 11.3 Å². The van der Waals surface area contributed by atoms with E-state index in [1.807, 2.05) is 30.3 Å². The van der Waals surface area contributed by atoms with Crippen LogP contribution in [0.25, 0.3) is 0 Å². The monoisotopic (exact) mass is 344 g/mol. The molecule has 3 aromatic carbocycles. The third-order valence-corrected chi connectivity index (χ3v) is 4.37. The fourth-order valence-electron chi connectivity index (χ4n) is 3.07. The number of nitrogens with one attached hydrogen (secondary N) is 1. The number of nitrogens with zero attached hydrogens (tertiary/aromatic N) is 1. The Morgan fingerprint density at radius 3 is 2.31 bits per heavy atom. The summed E-state index contributed by atoms with van der Waals surface area (Å²) in [5.74, 6) is -0.663. The molecule has 2 amide bonds. The summed E-state index contributed by atoms with van der Waals surface area (Å²) >= 11 is 0. The van der Waals surface area contributed by atoms with Gasteiger partial charge < -0.3 is 10.4 Å². The molecule has 0 atom stereocenters. The second kappa shape index (κ2) is 6.37. The van der Waals surface area contributed by atoms with E-state index in [0.29, 0.717) is 22.4 Å². The number of phenols is 1. The van der Waals surface area contributed by atoms with Gasteiger partial charge in [-0.15, -0.1) is 0 Å². The normalized spacial score (nSPS) is 13.0. The molecule has 0 aliphatic carbocycles. The van der Waals surface area contributed by atoms with Gasteiger partial charge in [0.15, 0.2) is 0 Å². The number of rotatable bonds is 4. The van der Waals surface area contributed by atoms with Crippen molar-refractivity contribution >= 4 is 23.2 Å². The van der Waals surface area contributed by atoms with Crippen LogP contribution in [0.5, 0.6) is 5.75 Å². The maximum absolute atomic E-state index is 12.9. The van der Waals surface area contributed by atoms with Crippen LogP contribution in [0.15, 0.2) is 72.8 Å². The average Bonchev–Trinajstić information content (AvgIpc) is 2.90. The molecule has 3 aromatic rings. The number of aromatic hydroxyl groups is 1. The molecule has 0 radical (unpaired) electrons. The molecule has 5 nitrogen and oxygen atoms in total. The van der Waals surface area contributed by atoms with E-state index >= 15 is 0 Å². The van der Waals surface area contributed by atoms with Gasteiger partial charge in [0.25, 0.3) is 11.8 Å². The lowest BCUT2D eigenvalue weighted by atomic mass is 10.1. The highest BCUT2D eigenvalue weighted by atomic mass is 16.3. The van der Waals surface area contributed by atoms with Crippen molar-refractivity contribution in [3.63, 3.8) is 0 Å². The SMILES string of the molecule is O=C1c2cccc(Nc3ccccc3)c2C(=O)N1Cc1ccccc1O. The van der Waals surface area contributed by atoms with Gasteiger partial charge >= 0.3 is 0 Å². The molecule has 0 saturated carbocycles. The molecule has 5 heteroatoms. The first-order chi connectivity index (χ1) is 12.6. The van der Waals surface area contributed by atoms with Crippen LogP contribution in [0.4, 0.5) is 11.4 Å². The predicted molar refractivity (Wildman–Crippen MR) is 98.5 cm³/mol. The van der Waals surface area contributed by atoms with Crippen molar-refractivity contribution in [3.8, 4) is 5.75 Å². The van der Waals surface area contributed by atoms with Gasteiger partial charge in [-0.3, -0.25) is 14.5 Å². The van der Waals surface area contributed by atoms with Crippen LogP contribution in [0, 0.1) is 0 Å². The first kappa shape index (κ1) is 15.9. The van der Waals surface area contributed by atoms with E-state index in [2.05, 4.69) is 5.32 Å². The molecule has 128 valence electrons. The lowest BCUT2D eigenvalue weighted by Crippen LogP contribution is -2.29. The zero-order chi connectivity index (χ0) is 18.1. The summed E-state index contributed by atoms with van der Waals surface area (Å²) in [4.78, 5) is 26.8. The van der Waals surface area contributed by atoms with E-state index < -0.39 is 0 Å². The van der Waals surface area contributed by atoms with Crippen molar-refractivity contribution in [3.05, 3.63) is 89.5 Å². The molecule has 1 aliphatic rings. The standard InChI is InChI=1S/C21H16N2O3/c24-18-12-5-4-7-14(18)13-23-20(25)16-10-6-11-17(19(16)21(23)26)22-15-8-2-1-3-9-15/h1-12,22,24H,13H2. The second-order valence-corrected chi connectivity index (χ2v) is 6.04. The number of anilines is 2. The number of carbonyl (C=O) groups excluding carboxylic acids is 2. The Balaban J connectivity index is 1.68. The minimum absolute atomic E-state index is 0.0315. The summed E-state index contributed by atoms with van der Waals surface area (Å²) in [6, 6.07) is 21.3. The largest absolute Gasteiger partial charge is 0.508 e. The molecule has 0 unspecified atom stereocenters. The van der Waals surface area contributed by atoms with E-state index in [1.54, 1.807) is 36.4 Å². The number of amides is 2. The Morgan fingerprint density at radius 1 is 0.808 bits per heavy atom. The summed E-state index contributed by atoms with van der Waals surface area (Å²) in [5.41, 5.74) is 2.68. The summed E-state index contributed by atoms with van der Waals surface area (Å²) in [6.07, 6.45) is 0. The van der Waals surface area contributed by atoms with Crippen LogP contribution in [0.2, 0.25) is 0 Å². The van der Waals surface area contributed by atoms with Crippen molar-refractivity contribution in [2.45, 2.75) is 6.54 Å². The van der Waals surface area contributed by atoms with Crippen LogP contribution >= 0.6 is 0 Å². The first-order valence-electron chi connectivity index (χ1n) is 8.23. The Kier molecular flexibility index (Phi) is 3.89. The molecule has 0 spiro atoms. The van der Waals surface area contributed by atoms with Crippen molar-refractivity contribution < 1.29 is 14.7 Å². The molecule has 4 rings (SSSR count). The number of para-hydroxylation sites is 2. The Morgan fingerprint density at radius 2 is 1.54 bits per heavy atom. The predicted octanol–water partition coefficient (Wildman–Crippen LogP) is 3.93. The number of carbonyl (C=O) groups is 2. The molecule has 1 heterocycles. The van der Waals surface area contributed by atoms with E-state index in [-0.39, 0.29) is 24.1 Å². The van der Waals surface area contributed by atoms with E-state index in [9.17, 15) is 14.7 Å². The highest BCUT2D eigenvalue weighted by Crippen LogP contribution is 2.33. The zero-order valence-electron chi connectivity index (χ0n) is 13.8. The molecule has 0 saturated heterocycles. The number of fused-ring (bicyclic) bond motifs is 1. The van der Waals surface area contributed by atoms with Crippen LogP contribution in [0.3, 0.4) is 0 Å². The van der Waals surface area contributed by atoms with Gasteiger partial charge in [0.2, 0.25) is 0 Å².